The number of nitrogens with one attached hydrogen (secondary N) is 1. The first-order valence-corrected chi connectivity index (χ1v) is 7.01. The molecule has 0 aromatic heterocycles. The van der Waals surface area contributed by atoms with Gasteiger partial charge in [0.25, 0.3) is 0 Å². The van der Waals surface area contributed by atoms with E-state index in [1.165, 1.54) is 16.9 Å². The number of halogens is 4. The van der Waals surface area contributed by atoms with E-state index in [2.05, 4.69) is 12.2 Å². The van der Waals surface area contributed by atoms with E-state index in [4.69, 9.17) is 5.73 Å². The minimum absolute atomic E-state index is 0.0834. The number of nitrogens with two attached hydrogens (primary N) is 1. The minimum Gasteiger partial charge on any atom is -0.389 e. The van der Waals surface area contributed by atoms with E-state index >= 15 is 0 Å². The van der Waals surface area contributed by atoms with Crippen LogP contribution in [0, 0.1) is 0 Å². The van der Waals surface area contributed by atoms with Gasteiger partial charge in [0.2, 0.25) is 10.0 Å². The molecule has 0 aliphatic carbocycles. The maximum atomic E-state index is 12.7. The molecule has 0 spiro atoms. The van der Waals surface area contributed by atoms with Gasteiger partial charge in [0.1, 0.15) is 4.99 Å². The smallest absolute Gasteiger partial charge is 0.320 e. The molecule has 0 aliphatic heterocycles. The summed E-state index contributed by atoms with van der Waals surface area (Å²) in [4.78, 5) is -0.479. The Bertz CT molecular complexity index is 605. The molecule has 20 heavy (non-hydrogen) atoms. The van der Waals surface area contributed by atoms with Crippen molar-refractivity contribution in [3.63, 3.8) is 0 Å². The van der Waals surface area contributed by atoms with Crippen molar-refractivity contribution in [1.29, 1.82) is 0 Å². The highest BCUT2D eigenvalue weighted by molar-refractivity contribution is 7.89. The van der Waals surface area contributed by atoms with Gasteiger partial charge in [-0.15, -0.1) is 0 Å². The molecule has 0 bridgehead atoms. The number of hydrogen-bond acceptors (Lipinski definition) is 3. The highest BCUT2D eigenvalue weighted by Crippen LogP contribution is 2.22. The average molecular weight is 330 g/mol. The van der Waals surface area contributed by atoms with Gasteiger partial charge in [0, 0.05) is 5.56 Å². The number of benzene rings is 1. The normalized spacial score (nSPS) is 12.7. The van der Waals surface area contributed by atoms with Crippen LogP contribution in [0.25, 0.3) is 0 Å². The Hall–Kier alpha value is -1.26. The quantitative estimate of drug-likeness (QED) is 0.612. The first-order valence-electron chi connectivity index (χ1n) is 5.12. The van der Waals surface area contributed by atoms with Gasteiger partial charge in [-0.05, 0) is 12.1 Å². The van der Waals surface area contributed by atoms with Gasteiger partial charge >= 0.3 is 12.3 Å². The second kappa shape index (κ2) is 6.02. The summed E-state index contributed by atoms with van der Waals surface area (Å²) in [6.07, 6.45) is -3.96. The predicted octanol–water partition coefficient (Wildman–Crippen LogP) is 1.50. The van der Waals surface area contributed by atoms with Crippen molar-refractivity contribution >= 4 is 27.2 Å². The maximum Gasteiger partial charge on any atom is 0.320 e. The van der Waals surface area contributed by atoms with E-state index in [0.717, 1.165) is 12.1 Å². The minimum atomic E-state index is -4.45. The van der Waals surface area contributed by atoms with E-state index in [0.29, 0.717) is 0 Å². The standard InChI is InChI=1S/C10H10F4N2O2S2/c11-9(12)10(13,14)5-16-20(17,18)7-3-1-2-6(4-7)8(15)19/h1-4,9,16H,5H2,(H2,15,19). The van der Waals surface area contributed by atoms with E-state index in [1.807, 2.05) is 0 Å². The van der Waals surface area contributed by atoms with Crippen LogP contribution >= 0.6 is 12.2 Å². The number of hydrogen-bond donors (Lipinski definition) is 2. The molecule has 0 amide bonds. The summed E-state index contributed by atoms with van der Waals surface area (Å²) in [6.45, 7) is -1.70. The summed E-state index contributed by atoms with van der Waals surface area (Å²) in [7, 11) is -4.36. The lowest BCUT2D eigenvalue weighted by atomic mass is 10.2. The van der Waals surface area contributed by atoms with Crippen molar-refractivity contribution in [2.24, 2.45) is 5.73 Å². The van der Waals surface area contributed by atoms with Crippen LogP contribution < -0.4 is 10.5 Å². The van der Waals surface area contributed by atoms with Gasteiger partial charge in [-0.1, -0.05) is 24.4 Å². The Labute approximate surface area is 118 Å². The lowest BCUT2D eigenvalue weighted by molar-refractivity contribution is -0.122. The molecule has 4 nitrogen and oxygen atoms in total. The molecule has 112 valence electrons. The monoisotopic (exact) mass is 330 g/mol. The first-order chi connectivity index (χ1) is 9.06. The number of sulfonamides is 1. The average Bonchev–Trinajstić information content (AvgIpc) is 2.36. The predicted molar refractivity (Wildman–Crippen MR) is 68.5 cm³/mol. The zero-order chi connectivity index (χ0) is 15.6. The highest BCUT2D eigenvalue weighted by Gasteiger charge is 2.41. The van der Waals surface area contributed by atoms with Crippen LogP contribution in [0.4, 0.5) is 17.6 Å². The Morgan fingerprint density at radius 1 is 1.40 bits per heavy atom. The molecule has 0 saturated heterocycles. The third kappa shape index (κ3) is 4.12. The molecular weight excluding hydrogens is 320 g/mol. The third-order valence-electron chi connectivity index (χ3n) is 2.25. The molecule has 0 unspecified atom stereocenters. The molecule has 0 atom stereocenters. The molecule has 0 aliphatic rings. The molecule has 1 rings (SSSR count). The molecule has 0 fully saturated rings. The van der Waals surface area contributed by atoms with Gasteiger partial charge in [-0.2, -0.15) is 8.78 Å². The molecule has 0 radical (unpaired) electrons. The van der Waals surface area contributed by atoms with Crippen LogP contribution in [-0.2, 0) is 10.0 Å². The maximum absolute atomic E-state index is 12.7. The van der Waals surface area contributed by atoms with Crippen LogP contribution in [0.2, 0.25) is 0 Å². The summed E-state index contributed by atoms with van der Waals surface area (Å²) in [5.41, 5.74) is 5.52. The summed E-state index contributed by atoms with van der Waals surface area (Å²) < 4.78 is 74.1. The van der Waals surface area contributed by atoms with Gasteiger partial charge < -0.3 is 5.73 Å². The largest absolute Gasteiger partial charge is 0.389 e. The SMILES string of the molecule is NC(=S)c1cccc(S(=O)(=O)NCC(F)(F)C(F)F)c1. The fourth-order valence-electron chi connectivity index (χ4n) is 1.17. The number of alkyl halides is 4. The van der Waals surface area contributed by atoms with E-state index in [9.17, 15) is 26.0 Å². The van der Waals surface area contributed by atoms with Gasteiger partial charge in [0.15, 0.2) is 0 Å². The Morgan fingerprint density at radius 3 is 2.50 bits per heavy atom. The molecule has 0 saturated carbocycles. The van der Waals surface area contributed by atoms with Crippen LogP contribution in [0.15, 0.2) is 29.2 Å². The number of rotatable bonds is 6. The lowest BCUT2D eigenvalue weighted by Crippen LogP contribution is -2.41. The molecule has 1 aromatic rings. The van der Waals surface area contributed by atoms with Crippen molar-refractivity contribution in [1.82, 2.24) is 4.72 Å². The van der Waals surface area contributed by atoms with E-state index in [-0.39, 0.29) is 10.6 Å². The fourth-order valence-corrected chi connectivity index (χ4v) is 2.38. The summed E-state index contributed by atoms with van der Waals surface area (Å²) in [5.74, 6) is -4.45. The van der Waals surface area contributed by atoms with Gasteiger partial charge in [-0.25, -0.2) is 21.9 Å². The molecular formula is C10H10F4N2O2S2. The van der Waals surface area contributed by atoms with Crippen molar-refractivity contribution in [3.8, 4) is 0 Å². The zero-order valence-corrected chi connectivity index (χ0v) is 11.4. The van der Waals surface area contributed by atoms with Crippen molar-refractivity contribution in [2.45, 2.75) is 17.2 Å². The van der Waals surface area contributed by atoms with Crippen molar-refractivity contribution < 1.29 is 26.0 Å². The van der Waals surface area contributed by atoms with Crippen LogP contribution in [0.5, 0.6) is 0 Å². The summed E-state index contributed by atoms with van der Waals surface area (Å²) >= 11 is 4.65. The Morgan fingerprint density at radius 2 is 2.00 bits per heavy atom. The molecule has 1 aromatic carbocycles. The van der Waals surface area contributed by atoms with Gasteiger partial charge in [0.05, 0.1) is 11.4 Å². The van der Waals surface area contributed by atoms with E-state index in [1.54, 1.807) is 0 Å². The van der Waals surface area contributed by atoms with Crippen LogP contribution in [-0.4, -0.2) is 32.3 Å². The second-order valence-corrected chi connectivity index (χ2v) is 5.99. The highest BCUT2D eigenvalue weighted by atomic mass is 32.2. The summed E-state index contributed by atoms with van der Waals surface area (Å²) in [5, 5.41) is 0. The van der Waals surface area contributed by atoms with Crippen LogP contribution in [0.3, 0.4) is 0 Å². The fraction of sp³-hybridized carbons (Fsp3) is 0.300. The first kappa shape index (κ1) is 16.8. The lowest BCUT2D eigenvalue weighted by Gasteiger charge is -2.16. The van der Waals surface area contributed by atoms with Gasteiger partial charge in [-0.3, -0.25) is 0 Å². The van der Waals surface area contributed by atoms with Crippen molar-refractivity contribution in [3.05, 3.63) is 29.8 Å². The molecule has 0 heterocycles. The second-order valence-electron chi connectivity index (χ2n) is 3.78. The zero-order valence-electron chi connectivity index (χ0n) is 9.82. The molecule has 10 heteroatoms. The Balaban J connectivity index is 2.95. The van der Waals surface area contributed by atoms with E-state index < -0.39 is 33.8 Å². The summed E-state index contributed by atoms with van der Waals surface area (Å²) in [6, 6.07) is 4.89. The Kier molecular flexibility index (Phi) is 5.05. The third-order valence-corrected chi connectivity index (χ3v) is 3.88. The number of thiocarbonyl (C=S) groups is 1. The van der Waals surface area contributed by atoms with Crippen molar-refractivity contribution in [2.75, 3.05) is 6.54 Å². The topological polar surface area (TPSA) is 72.2 Å². The molecule has 3 N–H and O–H groups in total. The van der Waals surface area contributed by atoms with Crippen LogP contribution in [0.1, 0.15) is 5.56 Å².